The maximum Gasteiger partial charge on any atom is 0.241 e. The molecule has 0 fully saturated rings. The van der Waals surface area contributed by atoms with Crippen LogP contribution in [0.3, 0.4) is 0 Å². The van der Waals surface area contributed by atoms with E-state index in [4.69, 9.17) is 4.52 Å². The summed E-state index contributed by atoms with van der Waals surface area (Å²) in [5, 5.41) is 11.0. The van der Waals surface area contributed by atoms with E-state index in [1.165, 1.54) is 0 Å². The van der Waals surface area contributed by atoms with E-state index in [2.05, 4.69) is 20.6 Å². The van der Waals surface area contributed by atoms with Crippen molar-refractivity contribution in [3.63, 3.8) is 0 Å². The van der Waals surface area contributed by atoms with E-state index in [1.54, 1.807) is 10.9 Å². The molecule has 0 aliphatic carbocycles. The van der Waals surface area contributed by atoms with Gasteiger partial charge < -0.3 is 9.84 Å². The first kappa shape index (κ1) is 15.9. The second-order valence-corrected chi connectivity index (χ2v) is 5.68. The molecular formula is C17H19N5O2. The fourth-order valence-corrected chi connectivity index (χ4v) is 2.25. The van der Waals surface area contributed by atoms with Crippen molar-refractivity contribution in [2.24, 2.45) is 0 Å². The monoisotopic (exact) mass is 325 g/mol. The van der Waals surface area contributed by atoms with Gasteiger partial charge in [0.15, 0.2) is 0 Å². The summed E-state index contributed by atoms with van der Waals surface area (Å²) in [5.74, 6) is 0.880. The van der Waals surface area contributed by atoms with Gasteiger partial charge in [0.25, 0.3) is 0 Å². The van der Waals surface area contributed by atoms with Gasteiger partial charge in [0.2, 0.25) is 17.6 Å². The summed E-state index contributed by atoms with van der Waals surface area (Å²) in [7, 11) is 0. The first-order valence-corrected chi connectivity index (χ1v) is 7.77. The topological polar surface area (TPSA) is 85.8 Å². The molecule has 3 aromatic rings. The Balaban J connectivity index is 1.54. The van der Waals surface area contributed by atoms with Gasteiger partial charge in [-0.3, -0.25) is 9.48 Å². The summed E-state index contributed by atoms with van der Waals surface area (Å²) in [6, 6.07) is 11.5. The highest BCUT2D eigenvalue weighted by molar-refractivity contribution is 5.75. The molecule has 0 aliphatic rings. The van der Waals surface area contributed by atoms with Crippen LogP contribution in [0, 0.1) is 6.92 Å². The molecule has 0 bridgehead atoms. The van der Waals surface area contributed by atoms with Gasteiger partial charge in [0.1, 0.15) is 6.54 Å². The number of hydrogen-bond acceptors (Lipinski definition) is 5. The number of nitrogens with one attached hydrogen (secondary N) is 1. The average molecular weight is 325 g/mol. The van der Waals surface area contributed by atoms with Crippen LogP contribution in [-0.4, -0.2) is 32.4 Å². The SMILES string of the molecule is Cc1ccn(CC(=O)NCC(C)c2nc(-c3ccccc3)no2)n1. The van der Waals surface area contributed by atoms with Crippen LogP contribution in [0.2, 0.25) is 0 Å². The van der Waals surface area contributed by atoms with Crippen LogP contribution in [0.1, 0.15) is 24.4 Å². The Bertz CT molecular complexity index is 809. The number of rotatable bonds is 6. The third-order valence-electron chi connectivity index (χ3n) is 3.58. The number of carbonyl (C=O) groups is 1. The van der Waals surface area contributed by atoms with Gasteiger partial charge in [-0.15, -0.1) is 0 Å². The molecule has 0 radical (unpaired) electrons. The number of amides is 1. The van der Waals surface area contributed by atoms with Crippen molar-refractivity contribution in [2.45, 2.75) is 26.3 Å². The molecule has 7 heteroatoms. The molecule has 0 spiro atoms. The van der Waals surface area contributed by atoms with Crippen LogP contribution in [0.5, 0.6) is 0 Å². The minimum atomic E-state index is -0.104. The summed E-state index contributed by atoms with van der Waals surface area (Å²) in [4.78, 5) is 16.3. The molecule has 1 aromatic carbocycles. The van der Waals surface area contributed by atoms with E-state index in [-0.39, 0.29) is 18.4 Å². The van der Waals surface area contributed by atoms with E-state index >= 15 is 0 Å². The average Bonchev–Trinajstić information content (AvgIpc) is 3.23. The van der Waals surface area contributed by atoms with E-state index in [0.29, 0.717) is 18.3 Å². The molecular weight excluding hydrogens is 306 g/mol. The zero-order chi connectivity index (χ0) is 16.9. The number of hydrogen-bond donors (Lipinski definition) is 1. The summed E-state index contributed by atoms with van der Waals surface area (Å²) in [6.07, 6.45) is 1.78. The first-order valence-electron chi connectivity index (χ1n) is 7.77. The van der Waals surface area contributed by atoms with Gasteiger partial charge in [-0.1, -0.05) is 42.4 Å². The molecule has 24 heavy (non-hydrogen) atoms. The van der Waals surface area contributed by atoms with Crippen molar-refractivity contribution >= 4 is 5.91 Å². The van der Waals surface area contributed by atoms with Crippen molar-refractivity contribution in [2.75, 3.05) is 6.54 Å². The smallest absolute Gasteiger partial charge is 0.241 e. The van der Waals surface area contributed by atoms with Gasteiger partial charge in [-0.2, -0.15) is 10.1 Å². The Morgan fingerprint density at radius 1 is 1.29 bits per heavy atom. The molecule has 1 N–H and O–H groups in total. The molecule has 0 saturated carbocycles. The number of benzene rings is 1. The van der Waals surface area contributed by atoms with E-state index < -0.39 is 0 Å². The Morgan fingerprint density at radius 3 is 2.79 bits per heavy atom. The third kappa shape index (κ3) is 3.87. The summed E-state index contributed by atoms with van der Waals surface area (Å²) in [5.41, 5.74) is 1.79. The summed E-state index contributed by atoms with van der Waals surface area (Å²) >= 11 is 0. The van der Waals surface area contributed by atoms with Crippen molar-refractivity contribution in [1.29, 1.82) is 0 Å². The lowest BCUT2D eigenvalue weighted by atomic mass is 10.2. The number of carbonyl (C=O) groups excluding carboxylic acids is 1. The van der Waals surface area contributed by atoms with Gasteiger partial charge in [0, 0.05) is 18.3 Å². The molecule has 1 atom stereocenters. The van der Waals surface area contributed by atoms with Crippen molar-refractivity contribution < 1.29 is 9.32 Å². The van der Waals surface area contributed by atoms with Gasteiger partial charge in [-0.05, 0) is 13.0 Å². The minimum Gasteiger partial charge on any atom is -0.354 e. The van der Waals surface area contributed by atoms with Crippen LogP contribution in [0.15, 0.2) is 47.1 Å². The standard InChI is InChI=1S/C17H19N5O2/c1-12(10-18-15(23)11-22-9-8-13(2)20-22)17-19-16(21-24-17)14-6-4-3-5-7-14/h3-9,12H,10-11H2,1-2H3,(H,18,23). The van der Waals surface area contributed by atoms with Crippen LogP contribution in [0.25, 0.3) is 11.4 Å². The first-order chi connectivity index (χ1) is 11.6. The Kier molecular flexibility index (Phi) is 4.69. The minimum absolute atomic E-state index is 0.0710. The Labute approximate surface area is 139 Å². The molecule has 2 aromatic heterocycles. The Hall–Kier alpha value is -2.96. The zero-order valence-electron chi connectivity index (χ0n) is 13.6. The third-order valence-corrected chi connectivity index (χ3v) is 3.58. The van der Waals surface area contributed by atoms with Crippen LogP contribution < -0.4 is 5.32 Å². The fourth-order valence-electron chi connectivity index (χ4n) is 2.25. The van der Waals surface area contributed by atoms with Crippen molar-refractivity contribution in [3.05, 3.63) is 54.2 Å². The lowest BCUT2D eigenvalue weighted by Crippen LogP contribution is -2.31. The maximum absolute atomic E-state index is 11.9. The number of aromatic nitrogens is 4. The normalized spacial score (nSPS) is 12.1. The highest BCUT2D eigenvalue weighted by Crippen LogP contribution is 2.18. The van der Waals surface area contributed by atoms with E-state index in [9.17, 15) is 4.79 Å². The van der Waals surface area contributed by atoms with E-state index in [0.717, 1.165) is 11.3 Å². The van der Waals surface area contributed by atoms with Gasteiger partial charge in [0.05, 0.1) is 11.6 Å². The predicted octanol–water partition coefficient (Wildman–Crippen LogP) is 2.16. The predicted molar refractivity (Wildman–Crippen MR) is 88.1 cm³/mol. The maximum atomic E-state index is 11.9. The number of aryl methyl sites for hydroxylation is 1. The highest BCUT2D eigenvalue weighted by Gasteiger charge is 2.16. The molecule has 1 unspecified atom stereocenters. The lowest BCUT2D eigenvalue weighted by Gasteiger charge is -2.08. The molecule has 3 rings (SSSR count). The second kappa shape index (κ2) is 7.08. The fraction of sp³-hybridized carbons (Fsp3) is 0.294. The highest BCUT2D eigenvalue weighted by atomic mass is 16.5. The number of nitrogens with zero attached hydrogens (tertiary/aromatic N) is 4. The van der Waals surface area contributed by atoms with Crippen LogP contribution in [-0.2, 0) is 11.3 Å². The summed E-state index contributed by atoms with van der Waals surface area (Å²) in [6.45, 7) is 4.44. The summed E-state index contributed by atoms with van der Waals surface area (Å²) < 4.78 is 6.91. The molecule has 124 valence electrons. The molecule has 2 heterocycles. The second-order valence-electron chi connectivity index (χ2n) is 5.68. The quantitative estimate of drug-likeness (QED) is 0.750. The Morgan fingerprint density at radius 2 is 2.08 bits per heavy atom. The molecule has 7 nitrogen and oxygen atoms in total. The van der Waals surface area contributed by atoms with Crippen molar-refractivity contribution in [3.8, 4) is 11.4 Å². The molecule has 1 amide bonds. The molecule has 0 aliphatic heterocycles. The van der Waals surface area contributed by atoms with Crippen LogP contribution >= 0.6 is 0 Å². The van der Waals surface area contributed by atoms with Crippen molar-refractivity contribution in [1.82, 2.24) is 25.2 Å². The molecule has 0 saturated heterocycles. The van der Waals surface area contributed by atoms with Crippen LogP contribution in [0.4, 0.5) is 0 Å². The zero-order valence-corrected chi connectivity index (χ0v) is 13.6. The largest absolute Gasteiger partial charge is 0.354 e. The lowest BCUT2D eigenvalue weighted by molar-refractivity contribution is -0.121. The van der Waals surface area contributed by atoms with Gasteiger partial charge in [-0.25, -0.2) is 0 Å². The van der Waals surface area contributed by atoms with E-state index in [1.807, 2.05) is 50.2 Å². The van der Waals surface area contributed by atoms with Gasteiger partial charge >= 0.3 is 0 Å².